The molecule has 2 atom stereocenters. The fourth-order valence-electron chi connectivity index (χ4n) is 1.40. The zero-order valence-electron chi connectivity index (χ0n) is 9.99. The largest absolute Gasteiger partial charge is 0.497 e. The van der Waals surface area contributed by atoms with Crippen molar-refractivity contribution >= 4 is 0 Å². The van der Waals surface area contributed by atoms with E-state index in [9.17, 15) is 0 Å². The average Bonchev–Trinajstić information content (AvgIpc) is 2.29. The van der Waals surface area contributed by atoms with E-state index < -0.39 is 0 Å². The van der Waals surface area contributed by atoms with Gasteiger partial charge in [0.25, 0.3) is 0 Å². The monoisotopic (exact) mass is 208 g/mol. The first-order chi connectivity index (χ1) is 7.17. The van der Waals surface area contributed by atoms with Gasteiger partial charge in [0, 0.05) is 0 Å². The molecule has 0 aliphatic rings. The average molecular weight is 208 g/mol. The highest BCUT2D eigenvalue weighted by Crippen LogP contribution is 2.21. The molecule has 1 aromatic carbocycles. The van der Waals surface area contributed by atoms with Crippen LogP contribution in [0.15, 0.2) is 24.3 Å². The molecule has 0 radical (unpaired) electrons. The second-order valence-corrected chi connectivity index (χ2v) is 3.77. The molecule has 1 aromatic rings. The van der Waals surface area contributed by atoms with Gasteiger partial charge in [0.15, 0.2) is 0 Å². The second kappa shape index (κ2) is 5.76. The van der Waals surface area contributed by atoms with Gasteiger partial charge in [0.1, 0.15) is 5.75 Å². The molecule has 0 saturated carbocycles. The first-order valence-electron chi connectivity index (χ1n) is 5.46. The first-order valence-corrected chi connectivity index (χ1v) is 5.46. The van der Waals surface area contributed by atoms with Crippen LogP contribution in [-0.2, 0) is 4.74 Å². The summed E-state index contributed by atoms with van der Waals surface area (Å²) in [5.74, 6) is 0.884. The predicted octanol–water partition coefficient (Wildman–Crippen LogP) is 3.57. The summed E-state index contributed by atoms with van der Waals surface area (Å²) in [6.07, 6.45) is 1.49. The van der Waals surface area contributed by atoms with Gasteiger partial charge in [0.2, 0.25) is 0 Å². The molecule has 84 valence electrons. The number of hydrogen-bond acceptors (Lipinski definition) is 2. The van der Waals surface area contributed by atoms with E-state index in [4.69, 9.17) is 9.47 Å². The number of ether oxygens (including phenoxy) is 2. The summed E-state index contributed by atoms with van der Waals surface area (Å²) in [5, 5.41) is 0. The minimum absolute atomic E-state index is 0.144. The zero-order chi connectivity index (χ0) is 11.3. The molecule has 2 nitrogen and oxygen atoms in total. The Hall–Kier alpha value is -1.02. The third kappa shape index (κ3) is 3.56. The highest BCUT2D eigenvalue weighted by molar-refractivity contribution is 5.28. The predicted molar refractivity (Wildman–Crippen MR) is 62.2 cm³/mol. The Morgan fingerprint density at radius 2 is 1.73 bits per heavy atom. The second-order valence-electron chi connectivity index (χ2n) is 3.77. The van der Waals surface area contributed by atoms with Crippen LogP contribution in [0.25, 0.3) is 0 Å². The Kier molecular flexibility index (Phi) is 4.63. The SMILES string of the molecule is CCC(C)OC(C)c1ccc(OC)cc1. The molecule has 15 heavy (non-hydrogen) atoms. The Morgan fingerprint density at radius 1 is 1.13 bits per heavy atom. The van der Waals surface area contributed by atoms with Crippen LogP contribution in [0.4, 0.5) is 0 Å². The van der Waals surface area contributed by atoms with E-state index in [1.165, 1.54) is 5.56 Å². The maximum Gasteiger partial charge on any atom is 0.118 e. The molecule has 0 N–H and O–H groups in total. The lowest BCUT2D eigenvalue weighted by Gasteiger charge is -2.18. The fourth-order valence-corrected chi connectivity index (χ4v) is 1.40. The van der Waals surface area contributed by atoms with Crippen LogP contribution in [0.1, 0.15) is 38.9 Å². The minimum atomic E-state index is 0.144. The normalized spacial score (nSPS) is 14.7. The smallest absolute Gasteiger partial charge is 0.118 e. The zero-order valence-corrected chi connectivity index (χ0v) is 9.99. The lowest BCUT2D eigenvalue weighted by molar-refractivity contribution is 0.00546. The molecule has 2 heteroatoms. The van der Waals surface area contributed by atoms with Crippen molar-refractivity contribution < 1.29 is 9.47 Å². The summed E-state index contributed by atoms with van der Waals surface area (Å²) in [4.78, 5) is 0. The van der Waals surface area contributed by atoms with Gasteiger partial charge in [-0.05, 0) is 38.0 Å². The van der Waals surface area contributed by atoms with E-state index in [0.717, 1.165) is 12.2 Å². The Balaban J connectivity index is 2.61. The van der Waals surface area contributed by atoms with Gasteiger partial charge < -0.3 is 9.47 Å². The van der Waals surface area contributed by atoms with Crippen molar-refractivity contribution in [1.29, 1.82) is 0 Å². The molecule has 2 unspecified atom stereocenters. The maximum absolute atomic E-state index is 5.82. The molecular weight excluding hydrogens is 188 g/mol. The molecular formula is C13H20O2. The van der Waals surface area contributed by atoms with Crippen molar-refractivity contribution in [2.75, 3.05) is 7.11 Å². The molecule has 0 aliphatic heterocycles. The van der Waals surface area contributed by atoms with Crippen molar-refractivity contribution in [2.24, 2.45) is 0 Å². The van der Waals surface area contributed by atoms with Crippen LogP contribution >= 0.6 is 0 Å². The van der Waals surface area contributed by atoms with Gasteiger partial charge in [-0.2, -0.15) is 0 Å². The lowest BCUT2D eigenvalue weighted by Crippen LogP contribution is -2.10. The number of rotatable bonds is 5. The molecule has 1 rings (SSSR count). The van der Waals surface area contributed by atoms with E-state index >= 15 is 0 Å². The fraction of sp³-hybridized carbons (Fsp3) is 0.538. The van der Waals surface area contributed by atoms with Crippen molar-refractivity contribution in [3.8, 4) is 5.75 Å². The van der Waals surface area contributed by atoms with Crippen molar-refractivity contribution in [2.45, 2.75) is 39.4 Å². The molecule has 0 fully saturated rings. The van der Waals surface area contributed by atoms with Gasteiger partial charge in [-0.1, -0.05) is 19.1 Å². The van der Waals surface area contributed by atoms with Gasteiger partial charge in [-0.15, -0.1) is 0 Å². The van der Waals surface area contributed by atoms with Gasteiger partial charge in [0.05, 0.1) is 19.3 Å². The molecule has 0 aliphatic carbocycles. The van der Waals surface area contributed by atoms with E-state index in [-0.39, 0.29) is 6.10 Å². The van der Waals surface area contributed by atoms with E-state index in [2.05, 4.69) is 20.8 Å². The molecule has 0 aromatic heterocycles. The van der Waals surface area contributed by atoms with E-state index in [0.29, 0.717) is 6.10 Å². The lowest BCUT2D eigenvalue weighted by atomic mass is 10.1. The van der Waals surface area contributed by atoms with Crippen LogP contribution < -0.4 is 4.74 Å². The number of methoxy groups -OCH3 is 1. The third-order valence-corrected chi connectivity index (χ3v) is 2.60. The summed E-state index contributed by atoms with van der Waals surface area (Å²) in [6, 6.07) is 8.02. The van der Waals surface area contributed by atoms with Crippen LogP contribution in [0.2, 0.25) is 0 Å². The van der Waals surface area contributed by atoms with Gasteiger partial charge >= 0.3 is 0 Å². The van der Waals surface area contributed by atoms with Crippen molar-refractivity contribution in [3.05, 3.63) is 29.8 Å². The maximum atomic E-state index is 5.82. The Bertz CT molecular complexity index is 279. The van der Waals surface area contributed by atoms with Crippen LogP contribution in [0.5, 0.6) is 5.75 Å². The molecule has 0 amide bonds. The van der Waals surface area contributed by atoms with Gasteiger partial charge in [-0.3, -0.25) is 0 Å². The summed E-state index contributed by atoms with van der Waals surface area (Å²) >= 11 is 0. The highest BCUT2D eigenvalue weighted by atomic mass is 16.5. The molecule has 0 saturated heterocycles. The topological polar surface area (TPSA) is 18.5 Å². The molecule has 0 heterocycles. The van der Waals surface area contributed by atoms with E-state index in [1.807, 2.05) is 24.3 Å². The summed E-state index contributed by atoms with van der Waals surface area (Å²) < 4.78 is 10.9. The van der Waals surface area contributed by atoms with Crippen molar-refractivity contribution in [1.82, 2.24) is 0 Å². The van der Waals surface area contributed by atoms with E-state index in [1.54, 1.807) is 7.11 Å². The Labute approximate surface area is 92.2 Å². The standard InChI is InChI=1S/C13H20O2/c1-5-10(2)15-11(3)12-6-8-13(14-4)9-7-12/h6-11H,5H2,1-4H3. The summed E-state index contributed by atoms with van der Waals surface area (Å²) in [5.41, 5.74) is 1.19. The number of benzene rings is 1. The summed E-state index contributed by atoms with van der Waals surface area (Å²) in [6.45, 7) is 6.30. The molecule has 0 spiro atoms. The van der Waals surface area contributed by atoms with Crippen LogP contribution in [0, 0.1) is 0 Å². The quantitative estimate of drug-likeness (QED) is 0.736. The highest BCUT2D eigenvalue weighted by Gasteiger charge is 2.09. The number of hydrogen-bond donors (Lipinski definition) is 0. The van der Waals surface area contributed by atoms with Crippen molar-refractivity contribution in [3.63, 3.8) is 0 Å². The van der Waals surface area contributed by atoms with Crippen LogP contribution in [0.3, 0.4) is 0 Å². The minimum Gasteiger partial charge on any atom is -0.497 e. The first kappa shape index (κ1) is 12.1. The van der Waals surface area contributed by atoms with Gasteiger partial charge in [-0.25, -0.2) is 0 Å². The summed E-state index contributed by atoms with van der Waals surface area (Å²) in [7, 11) is 1.67. The van der Waals surface area contributed by atoms with Crippen LogP contribution in [-0.4, -0.2) is 13.2 Å². The molecule has 0 bridgehead atoms. The Morgan fingerprint density at radius 3 is 2.20 bits per heavy atom. The third-order valence-electron chi connectivity index (χ3n) is 2.60.